The molecule has 1 amide bonds. The monoisotopic (exact) mass is 299 g/mol. The van der Waals surface area contributed by atoms with Crippen molar-refractivity contribution in [3.8, 4) is 0 Å². The van der Waals surface area contributed by atoms with Gasteiger partial charge in [0.25, 0.3) is 0 Å². The Morgan fingerprint density at radius 1 is 1.19 bits per heavy atom. The largest absolute Gasteiger partial charge is 0.458 e. The molecule has 6 heteroatoms. The smallest absolute Gasteiger partial charge is 0.444 e. The van der Waals surface area contributed by atoms with Crippen molar-refractivity contribution in [1.82, 2.24) is 5.32 Å². The SMILES string of the molecule is CC(CNC(=O)OC(C)(C)C)CB1OC(C)(C)C(C)(C)O1. The Morgan fingerprint density at radius 3 is 2.10 bits per heavy atom. The second kappa shape index (κ2) is 6.17. The molecule has 0 saturated carbocycles. The maximum Gasteiger partial charge on any atom is 0.458 e. The summed E-state index contributed by atoms with van der Waals surface area (Å²) in [7, 11) is -0.231. The summed E-state index contributed by atoms with van der Waals surface area (Å²) in [6.07, 6.45) is 0.353. The third kappa shape index (κ3) is 5.51. The summed E-state index contributed by atoms with van der Waals surface area (Å²) in [6, 6.07) is 0. The normalized spacial score (nSPS) is 22.0. The number of carbonyl (C=O) groups is 1. The first-order valence-electron chi connectivity index (χ1n) is 7.65. The molecule has 5 nitrogen and oxygen atoms in total. The van der Waals surface area contributed by atoms with Crippen molar-refractivity contribution < 1.29 is 18.8 Å². The van der Waals surface area contributed by atoms with Gasteiger partial charge in [-0.05, 0) is 60.7 Å². The Kier molecular flexibility index (Phi) is 5.38. The molecule has 1 unspecified atom stereocenters. The van der Waals surface area contributed by atoms with E-state index in [0.29, 0.717) is 6.54 Å². The minimum absolute atomic E-state index is 0.231. The predicted molar refractivity (Wildman–Crippen MR) is 84.3 cm³/mol. The predicted octanol–water partition coefficient (Wildman–Crippen LogP) is 3.24. The van der Waals surface area contributed by atoms with Crippen LogP contribution >= 0.6 is 0 Å². The Hall–Kier alpha value is -0.745. The lowest BCUT2D eigenvalue weighted by molar-refractivity contribution is 0.00578. The molecule has 0 aromatic carbocycles. The quantitative estimate of drug-likeness (QED) is 0.810. The molecular weight excluding hydrogens is 269 g/mol. The lowest BCUT2D eigenvalue weighted by Crippen LogP contribution is -2.41. The van der Waals surface area contributed by atoms with E-state index in [-0.39, 0.29) is 30.3 Å². The molecule has 0 radical (unpaired) electrons. The van der Waals surface area contributed by atoms with Gasteiger partial charge >= 0.3 is 13.2 Å². The number of nitrogens with one attached hydrogen (secondary N) is 1. The number of carbonyl (C=O) groups excluding carboxylic acids is 1. The number of hydrogen-bond donors (Lipinski definition) is 1. The van der Waals surface area contributed by atoms with Gasteiger partial charge < -0.3 is 19.4 Å². The topological polar surface area (TPSA) is 56.8 Å². The molecule has 0 bridgehead atoms. The van der Waals surface area contributed by atoms with E-state index in [1.165, 1.54) is 0 Å². The molecule has 1 aliphatic heterocycles. The zero-order valence-electron chi connectivity index (χ0n) is 14.7. The van der Waals surface area contributed by atoms with Crippen molar-refractivity contribution in [2.24, 2.45) is 5.92 Å². The van der Waals surface area contributed by atoms with Crippen LogP contribution in [0.3, 0.4) is 0 Å². The van der Waals surface area contributed by atoms with Crippen LogP contribution in [0.2, 0.25) is 6.32 Å². The highest BCUT2D eigenvalue weighted by molar-refractivity contribution is 6.45. The van der Waals surface area contributed by atoms with Crippen LogP contribution in [0.1, 0.15) is 55.4 Å². The molecule has 1 aliphatic rings. The van der Waals surface area contributed by atoms with Crippen LogP contribution in [0.5, 0.6) is 0 Å². The summed E-state index contributed by atoms with van der Waals surface area (Å²) in [5, 5.41) is 2.78. The maximum absolute atomic E-state index is 11.6. The van der Waals surface area contributed by atoms with Crippen molar-refractivity contribution in [2.45, 2.75) is 78.5 Å². The molecule has 1 fully saturated rings. The minimum Gasteiger partial charge on any atom is -0.444 e. The van der Waals surface area contributed by atoms with Crippen LogP contribution in [0.4, 0.5) is 4.79 Å². The van der Waals surface area contributed by atoms with Gasteiger partial charge in [-0.25, -0.2) is 4.79 Å². The van der Waals surface area contributed by atoms with Crippen molar-refractivity contribution >= 4 is 13.2 Å². The minimum atomic E-state index is -0.473. The Balaban J connectivity index is 2.36. The zero-order chi connectivity index (χ0) is 16.5. The lowest BCUT2D eigenvalue weighted by atomic mass is 9.78. The van der Waals surface area contributed by atoms with Crippen LogP contribution in [0.15, 0.2) is 0 Å². The van der Waals surface area contributed by atoms with Gasteiger partial charge in [-0.3, -0.25) is 0 Å². The molecule has 0 aliphatic carbocycles. The van der Waals surface area contributed by atoms with Crippen molar-refractivity contribution in [1.29, 1.82) is 0 Å². The molecule has 21 heavy (non-hydrogen) atoms. The van der Waals surface area contributed by atoms with Gasteiger partial charge in [0, 0.05) is 6.54 Å². The van der Waals surface area contributed by atoms with Gasteiger partial charge in [-0.15, -0.1) is 0 Å². The first-order valence-corrected chi connectivity index (χ1v) is 7.65. The van der Waals surface area contributed by atoms with Crippen LogP contribution in [-0.4, -0.2) is 36.6 Å². The van der Waals surface area contributed by atoms with Gasteiger partial charge in [0.2, 0.25) is 0 Å². The molecule has 1 saturated heterocycles. The number of ether oxygens (including phenoxy) is 1. The van der Waals surface area contributed by atoms with E-state index in [2.05, 4.69) is 12.2 Å². The van der Waals surface area contributed by atoms with E-state index < -0.39 is 5.60 Å². The Morgan fingerprint density at radius 2 is 1.67 bits per heavy atom. The van der Waals surface area contributed by atoms with Crippen molar-refractivity contribution in [3.05, 3.63) is 0 Å². The van der Waals surface area contributed by atoms with Gasteiger partial charge in [0.15, 0.2) is 0 Å². The van der Waals surface area contributed by atoms with E-state index >= 15 is 0 Å². The average Bonchev–Trinajstić information content (AvgIpc) is 2.41. The van der Waals surface area contributed by atoms with E-state index in [1.807, 2.05) is 48.5 Å². The lowest BCUT2D eigenvalue weighted by Gasteiger charge is -2.32. The first kappa shape index (κ1) is 18.3. The maximum atomic E-state index is 11.6. The van der Waals surface area contributed by atoms with E-state index in [9.17, 15) is 4.79 Å². The Bertz CT molecular complexity index is 360. The zero-order valence-corrected chi connectivity index (χ0v) is 14.7. The van der Waals surface area contributed by atoms with Gasteiger partial charge in [-0.1, -0.05) is 6.92 Å². The van der Waals surface area contributed by atoms with E-state index in [0.717, 1.165) is 6.32 Å². The number of amides is 1. The molecule has 122 valence electrons. The Labute approximate surface area is 129 Å². The molecule has 1 atom stereocenters. The molecule has 1 heterocycles. The fourth-order valence-electron chi connectivity index (χ4n) is 2.04. The van der Waals surface area contributed by atoms with Gasteiger partial charge in [-0.2, -0.15) is 0 Å². The average molecular weight is 299 g/mol. The fourth-order valence-corrected chi connectivity index (χ4v) is 2.04. The fraction of sp³-hybridized carbons (Fsp3) is 0.933. The molecule has 0 aromatic rings. The standard InChI is InChI=1S/C15H30BNO4/c1-11(10-17-12(18)19-13(2,3)4)9-16-20-14(5,6)15(7,8)21-16/h11H,9-10H2,1-8H3,(H,17,18). The van der Waals surface area contributed by atoms with Crippen molar-refractivity contribution in [3.63, 3.8) is 0 Å². The van der Waals surface area contributed by atoms with E-state index in [1.54, 1.807) is 0 Å². The third-order valence-corrected chi connectivity index (χ3v) is 3.89. The molecular formula is C15H30BNO4. The summed E-state index contributed by atoms with van der Waals surface area (Å²) < 4.78 is 17.1. The molecule has 0 spiro atoms. The van der Waals surface area contributed by atoms with Crippen LogP contribution in [-0.2, 0) is 14.0 Å². The molecule has 0 aromatic heterocycles. The summed E-state index contributed by atoms with van der Waals surface area (Å²) in [6.45, 7) is 16.3. The van der Waals surface area contributed by atoms with Crippen molar-refractivity contribution in [2.75, 3.05) is 6.54 Å². The van der Waals surface area contributed by atoms with Crippen LogP contribution in [0.25, 0.3) is 0 Å². The first-order chi connectivity index (χ1) is 9.32. The van der Waals surface area contributed by atoms with Gasteiger partial charge in [0.1, 0.15) is 5.60 Å². The highest BCUT2D eigenvalue weighted by Crippen LogP contribution is 2.38. The second-order valence-corrected chi connectivity index (χ2v) is 7.91. The summed E-state index contributed by atoms with van der Waals surface area (Å²) in [5.41, 5.74) is -1.09. The summed E-state index contributed by atoms with van der Waals surface area (Å²) in [5.74, 6) is 0.243. The van der Waals surface area contributed by atoms with Crippen LogP contribution in [0, 0.1) is 5.92 Å². The second-order valence-electron chi connectivity index (χ2n) is 7.91. The molecule has 1 N–H and O–H groups in total. The van der Waals surface area contributed by atoms with Crippen LogP contribution < -0.4 is 5.32 Å². The third-order valence-electron chi connectivity index (χ3n) is 3.89. The number of hydrogen-bond acceptors (Lipinski definition) is 4. The summed E-state index contributed by atoms with van der Waals surface area (Å²) in [4.78, 5) is 11.6. The number of alkyl carbamates (subject to hydrolysis) is 1. The highest BCUT2D eigenvalue weighted by atomic mass is 16.7. The molecule has 1 rings (SSSR count). The highest BCUT2D eigenvalue weighted by Gasteiger charge is 2.51. The summed E-state index contributed by atoms with van der Waals surface area (Å²) >= 11 is 0. The van der Waals surface area contributed by atoms with E-state index in [4.69, 9.17) is 14.0 Å². The number of rotatable bonds is 4. The van der Waals surface area contributed by atoms with Gasteiger partial charge in [0.05, 0.1) is 11.2 Å².